The van der Waals surface area contributed by atoms with Crippen molar-refractivity contribution in [1.29, 1.82) is 0 Å². The molecule has 1 aliphatic rings. The number of nitrogens with two attached hydrogens (primary N) is 1. The summed E-state index contributed by atoms with van der Waals surface area (Å²) in [5, 5.41) is 1.18. The monoisotopic (exact) mass is 283 g/mol. The molecular weight excluding hydrogens is 258 g/mol. The lowest BCUT2D eigenvalue weighted by molar-refractivity contribution is 0.311. The fraction of sp³-hybridized carbons (Fsp3) is 0.500. The highest BCUT2D eigenvalue weighted by atomic mass is 15.1. The first-order valence-electron chi connectivity index (χ1n) is 7.96. The maximum absolute atomic E-state index is 5.98. The van der Waals surface area contributed by atoms with Crippen LogP contribution in [0.4, 0.5) is 11.4 Å². The van der Waals surface area contributed by atoms with Crippen LogP contribution in [0.5, 0.6) is 0 Å². The van der Waals surface area contributed by atoms with Crippen LogP contribution in [0.15, 0.2) is 24.3 Å². The average Bonchev–Trinajstić information content (AvgIpc) is 2.47. The summed E-state index contributed by atoms with van der Waals surface area (Å²) in [5.41, 5.74) is 10.2. The molecule has 3 heteroatoms. The van der Waals surface area contributed by atoms with Crippen LogP contribution in [0.3, 0.4) is 0 Å². The van der Waals surface area contributed by atoms with Gasteiger partial charge in [0.25, 0.3) is 0 Å². The molecular formula is C18H25N3. The van der Waals surface area contributed by atoms with Gasteiger partial charge in [-0.2, -0.15) is 0 Å². The van der Waals surface area contributed by atoms with Crippen LogP contribution >= 0.6 is 0 Å². The van der Waals surface area contributed by atoms with E-state index < -0.39 is 0 Å². The lowest BCUT2D eigenvalue weighted by Gasteiger charge is -2.36. The predicted octanol–water partition coefficient (Wildman–Crippen LogP) is 4.00. The number of hydrogen-bond donors (Lipinski definition) is 1. The van der Waals surface area contributed by atoms with E-state index in [0.29, 0.717) is 0 Å². The van der Waals surface area contributed by atoms with Gasteiger partial charge < -0.3 is 10.6 Å². The summed E-state index contributed by atoms with van der Waals surface area (Å²) in [4.78, 5) is 7.14. The topological polar surface area (TPSA) is 42.1 Å². The molecule has 0 amide bonds. The zero-order valence-corrected chi connectivity index (χ0v) is 13.3. The second-order valence-corrected chi connectivity index (χ2v) is 6.63. The highest BCUT2D eigenvalue weighted by molar-refractivity contribution is 5.94. The van der Waals surface area contributed by atoms with Crippen molar-refractivity contribution in [3.63, 3.8) is 0 Å². The average molecular weight is 283 g/mol. The molecule has 0 bridgehead atoms. The number of piperidine rings is 1. The Morgan fingerprint density at radius 1 is 1.19 bits per heavy atom. The van der Waals surface area contributed by atoms with Crippen LogP contribution in [0.25, 0.3) is 10.9 Å². The van der Waals surface area contributed by atoms with Gasteiger partial charge in [0, 0.05) is 35.5 Å². The zero-order chi connectivity index (χ0) is 15.0. The summed E-state index contributed by atoms with van der Waals surface area (Å²) < 4.78 is 0. The maximum Gasteiger partial charge on any atom is 0.0727 e. The number of nitrogens with zero attached hydrogens (tertiary/aromatic N) is 2. The normalized spacial score (nSPS) is 16.9. The number of aryl methyl sites for hydroxylation is 1. The van der Waals surface area contributed by atoms with Crippen molar-refractivity contribution in [2.24, 2.45) is 11.8 Å². The minimum absolute atomic E-state index is 0.790. The molecule has 2 aromatic rings. The van der Waals surface area contributed by atoms with Crippen molar-refractivity contribution in [3.8, 4) is 0 Å². The zero-order valence-electron chi connectivity index (χ0n) is 13.3. The Labute approximate surface area is 127 Å². The van der Waals surface area contributed by atoms with Crippen LogP contribution < -0.4 is 10.6 Å². The lowest BCUT2D eigenvalue weighted by atomic mass is 9.86. The summed E-state index contributed by atoms with van der Waals surface area (Å²) in [6.45, 7) is 9.02. The number of fused-ring (bicyclic) bond motifs is 1. The SMILES string of the molecule is Cc1cc(N2CCC(C(C)C)CC2)c2cc(N)ccc2n1. The lowest BCUT2D eigenvalue weighted by Crippen LogP contribution is -2.35. The molecule has 0 atom stereocenters. The van der Waals surface area contributed by atoms with Gasteiger partial charge in [0.1, 0.15) is 0 Å². The molecule has 1 aromatic heterocycles. The smallest absolute Gasteiger partial charge is 0.0727 e. The van der Waals surface area contributed by atoms with E-state index >= 15 is 0 Å². The van der Waals surface area contributed by atoms with Gasteiger partial charge >= 0.3 is 0 Å². The van der Waals surface area contributed by atoms with E-state index in [9.17, 15) is 0 Å². The molecule has 1 saturated heterocycles. The van der Waals surface area contributed by atoms with E-state index in [4.69, 9.17) is 5.73 Å². The van der Waals surface area contributed by atoms with Crippen LogP contribution in [0.1, 0.15) is 32.4 Å². The largest absolute Gasteiger partial charge is 0.399 e. The molecule has 1 fully saturated rings. The highest BCUT2D eigenvalue weighted by Gasteiger charge is 2.23. The van der Waals surface area contributed by atoms with Crippen molar-refractivity contribution in [1.82, 2.24) is 4.98 Å². The fourth-order valence-corrected chi connectivity index (χ4v) is 3.42. The summed E-state index contributed by atoms with van der Waals surface area (Å²) in [6, 6.07) is 8.23. The van der Waals surface area contributed by atoms with Crippen LogP contribution in [-0.2, 0) is 0 Å². The van der Waals surface area contributed by atoms with Gasteiger partial charge in [-0.1, -0.05) is 13.8 Å². The Balaban J connectivity index is 1.95. The van der Waals surface area contributed by atoms with Gasteiger partial charge in [0.05, 0.1) is 5.52 Å². The minimum atomic E-state index is 0.790. The van der Waals surface area contributed by atoms with Crippen LogP contribution in [-0.4, -0.2) is 18.1 Å². The molecule has 0 aliphatic carbocycles. The van der Waals surface area contributed by atoms with Gasteiger partial charge in [-0.25, -0.2) is 0 Å². The number of pyridine rings is 1. The Hall–Kier alpha value is -1.77. The number of aromatic nitrogens is 1. The van der Waals surface area contributed by atoms with Gasteiger partial charge in [0.2, 0.25) is 0 Å². The van der Waals surface area contributed by atoms with Crippen molar-refractivity contribution < 1.29 is 0 Å². The molecule has 0 spiro atoms. The third-order valence-electron chi connectivity index (χ3n) is 4.76. The Morgan fingerprint density at radius 3 is 2.57 bits per heavy atom. The first-order valence-corrected chi connectivity index (χ1v) is 7.96. The maximum atomic E-state index is 5.98. The molecule has 1 aliphatic heterocycles. The fourth-order valence-electron chi connectivity index (χ4n) is 3.42. The highest BCUT2D eigenvalue weighted by Crippen LogP contribution is 2.33. The van der Waals surface area contributed by atoms with Gasteiger partial charge in [-0.3, -0.25) is 4.98 Å². The molecule has 2 heterocycles. The van der Waals surface area contributed by atoms with Crippen LogP contribution in [0, 0.1) is 18.8 Å². The molecule has 0 radical (unpaired) electrons. The van der Waals surface area contributed by atoms with Gasteiger partial charge in [0.15, 0.2) is 0 Å². The number of benzene rings is 1. The standard InChI is InChI=1S/C18H25N3/c1-12(2)14-6-8-21(9-7-14)18-10-13(3)20-17-5-4-15(19)11-16(17)18/h4-5,10-12,14H,6-9,19H2,1-3H3. The third-order valence-corrected chi connectivity index (χ3v) is 4.76. The quantitative estimate of drug-likeness (QED) is 0.847. The van der Waals surface area contributed by atoms with Crippen molar-refractivity contribution >= 4 is 22.3 Å². The second-order valence-electron chi connectivity index (χ2n) is 6.63. The number of hydrogen-bond acceptors (Lipinski definition) is 3. The third kappa shape index (κ3) is 2.82. The van der Waals surface area contributed by atoms with Crippen LogP contribution in [0.2, 0.25) is 0 Å². The molecule has 3 nitrogen and oxygen atoms in total. The van der Waals surface area contributed by atoms with E-state index in [1.165, 1.54) is 23.9 Å². The van der Waals surface area contributed by atoms with Crippen molar-refractivity contribution in [2.45, 2.75) is 33.6 Å². The molecule has 112 valence electrons. The molecule has 1 aromatic carbocycles. The van der Waals surface area contributed by atoms with E-state index in [0.717, 1.165) is 41.8 Å². The number of nitrogen functional groups attached to an aromatic ring is 1. The first-order chi connectivity index (χ1) is 10.0. The summed E-state index contributed by atoms with van der Waals surface area (Å²) in [6.07, 6.45) is 2.56. The summed E-state index contributed by atoms with van der Waals surface area (Å²) in [5.74, 6) is 1.65. The second kappa shape index (κ2) is 5.55. The minimum Gasteiger partial charge on any atom is -0.399 e. The molecule has 0 saturated carbocycles. The van der Waals surface area contributed by atoms with E-state index in [2.05, 4.69) is 42.8 Å². The summed E-state index contributed by atoms with van der Waals surface area (Å²) >= 11 is 0. The van der Waals surface area contributed by atoms with E-state index in [1.54, 1.807) is 0 Å². The molecule has 2 N–H and O–H groups in total. The first kappa shape index (κ1) is 14.2. The Morgan fingerprint density at radius 2 is 1.90 bits per heavy atom. The van der Waals surface area contributed by atoms with Gasteiger partial charge in [-0.15, -0.1) is 0 Å². The molecule has 3 rings (SSSR count). The Kier molecular flexibility index (Phi) is 3.75. The van der Waals surface area contributed by atoms with E-state index in [-0.39, 0.29) is 0 Å². The van der Waals surface area contributed by atoms with Gasteiger partial charge in [-0.05, 0) is 55.9 Å². The van der Waals surface area contributed by atoms with Crippen molar-refractivity contribution in [3.05, 3.63) is 30.0 Å². The summed E-state index contributed by atoms with van der Waals surface area (Å²) in [7, 11) is 0. The predicted molar refractivity (Wildman–Crippen MR) is 90.7 cm³/mol. The molecule has 21 heavy (non-hydrogen) atoms. The Bertz CT molecular complexity index is 640. The van der Waals surface area contributed by atoms with E-state index in [1.807, 2.05) is 12.1 Å². The molecule has 0 unspecified atom stereocenters. The number of rotatable bonds is 2. The van der Waals surface area contributed by atoms with Crippen molar-refractivity contribution in [2.75, 3.05) is 23.7 Å². The number of anilines is 2.